The smallest absolute Gasteiger partial charge is 0.417 e. The predicted octanol–water partition coefficient (Wildman–Crippen LogP) is 5.23. The van der Waals surface area contributed by atoms with Crippen molar-refractivity contribution >= 4 is 17.5 Å². The second-order valence-electron chi connectivity index (χ2n) is 7.25. The highest BCUT2D eigenvalue weighted by atomic mass is 35.5. The number of hydrogen-bond donors (Lipinski definition) is 2. The Bertz CT molecular complexity index is 1330. The highest BCUT2D eigenvalue weighted by molar-refractivity contribution is 6.31. The number of aromatic amines is 1. The number of nitrogens with one attached hydrogen (secondary N) is 2. The molecular weight excluding hydrogens is 471 g/mol. The van der Waals surface area contributed by atoms with Gasteiger partial charge in [-0.15, -0.1) is 0 Å². The van der Waals surface area contributed by atoms with Gasteiger partial charge in [-0.1, -0.05) is 23.7 Å². The number of ether oxygens (including phenoxy) is 1. The SMILES string of the molecule is O=c1[nH]c(NCc2ccc(Oc3ccc(Cl)c(C(F)(F)F)c3)cc2)ncc1Cc1cncnc1. The Morgan fingerprint density at radius 2 is 1.68 bits per heavy atom. The molecule has 0 aliphatic heterocycles. The van der Waals surface area contributed by atoms with Crippen molar-refractivity contribution in [2.24, 2.45) is 0 Å². The van der Waals surface area contributed by atoms with Crippen LogP contribution in [-0.2, 0) is 19.1 Å². The van der Waals surface area contributed by atoms with Crippen molar-refractivity contribution in [3.63, 3.8) is 0 Å². The molecule has 0 aliphatic rings. The molecule has 0 bridgehead atoms. The number of benzene rings is 2. The molecule has 174 valence electrons. The van der Waals surface area contributed by atoms with E-state index in [0.29, 0.717) is 30.2 Å². The molecule has 0 fully saturated rings. The van der Waals surface area contributed by atoms with Crippen molar-refractivity contribution in [2.45, 2.75) is 19.1 Å². The number of H-pyrrole nitrogens is 1. The second-order valence-corrected chi connectivity index (χ2v) is 7.66. The minimum absolute atomic E-state index is 0.0199. The first-order chi connectivity index (χ1) is 16.3. The summed E-state index contributed by atoms with van der Waals surface area (Å²) in [5.74, 6) is 0.686. The fraction of sp³-hybridized carbons (Fsp3) is 0.130. The fourth-order valence-electron chi connectivity index (χ4n) is 3.06. The standard InChI is InChI=1S/C23H17ClF3N5O2/c24-20-6-5-18(8-19(20)23(25,26)27)34-17-3-1-14(2-4-17)11-30-22-31-12-16(21(33)32-22)7-15-9-28-13-29-10-15/h1-6,8-10,12-13H,7,11H2,(H2,30,31,32,33). The van der Waals surface area contributed by atoms with Crippen LogP contribution in [0.15, 0.2) is 72.2 Å². The molecule has 0 aliphatic carbocycles. The minimum atomic E-state index is -4.57. The van der Waals surface area contributed by atoms with Gasteiger partial charge >= 0.3 is 6.18 Å². The van der Waals surface area contributed by atoms with Crippen LogP contribution in [0.5, 0.6) is 11.5 Å². The van der Waals surface area contributed by atoms with E-state index in [1.807, 2.05) is 0 Å². The monoisotopic (exact) mass is 487 g/mol. The first-order valence-corrected chi connectivity index (χ1v) is 10.4. The molecule has 34 heavy (non-hydrogen) atoms. The third-order valence-corrected chi connectivity index (χ3v) is 5.07. The normalized spacial score (nSPS) is 11.3. The molecule has 0 saturated heterocycles. The summed E-state index contributed by atoms with van der Waals surface area (Å²) in [7, 11) is 0. The van der Waals surface area contributed by atoms with E-state index in [4.69, 9.17) is 16.3 Å². The summed E-state index contributed by atoms with van der Waals surface area (Å²) in [5.41, 5.74) is 0.889. The second kappa shape index (κ2) is 9.92. The van der Waals surface area contributed by atoms with Crippen molar-refractivity contribution < 1.29 is 17.9 Å². The van der Waals surface area contributed by atoms with Crippen LogP contribution in [0, 0.1) is 0 Å². The minimum Gasteiger partial charge on any atom is -0.457 e. The largest absolute Gasteiger partial charge is 0.457 e. The van der Waals surface area contributed by atoms with E-state index in [0.717, 1.165) is 23.3 Å². The summed E-state index contributed by atoms with van der Waals surface area (Å²) >= 11 is 5.63. The summed E-state index contributed by atoms with van der Waals surface area (Å²) in [6.45, 7) is 0.355. The van der Waals surface area contributed by atoms with Crippen LogP contribution in [-0.4, -0.2) is 19.9 Å². The fourth-order valence-corrected chi connectivity index (χ4v) is 3.29. The van der Waals surface area contributed by atoms with Crippen molar-refractivity contribution in [2.75, 3.05) is 5.32 Å². The van der Waals surface area contributed by atoms with Gasteiger partial charge < -0.3 is 10.1 Å². The highest BCUT2D eigenvalue weighted by Crippen LogP contribution is 2.37. The lowest BCUT2D eigenvalue weighted by atomic mass is 10.1. The van der Waals surface area contributed by atoms with E-state index >= 15 is 0 Å². The first kappa shape index (κ1) is 23.2. The van der Waals surface area contributed by atoms with Crippen LogP contribution >= 0.6 is 11.6 Å². The Balaban J connectivity index is 1.36. The van der Waals surface area contributed by atoms with Gasteiger partial charge in [0.05, 0.1) is 10.6 Å². The third kappa shape index (κ3) is 5.90. The van der Waals surface area contributed by atoms with Gasteiger partial charge in [0, 0.05) is 37.1 Å². The maximum Gasteiger partial charge on any atom is 0.417 e. The quantitative estimate of drug-likeness (QED) is 0.371. The van der Waals surface area contributed by atoms with Gasteiger partial charge in [-0.2, -0.15) is 13.2 Å². The van der Waals surface area contributed by atoms with Crippen LogP contribution in [0.2, 0.25) is 5.02 Å². The Morgan fingerprint density at radius 1 is 0.971 bits per heavy atom. The van der Waals surface area contributed by atoms with Gasteiger partial charge in [0.25, 0.3) is 5.56 Å². The van der Waals surface area contributed by atoms with E-state index in [9.17, 15) is 18.0 Å². The molecule has 0 radical (unpaired) electrons. The van der Waals surface area contributed by atoms with Crippen LogP contribution < -0.4 is 15.6 Å². The Hall–Kier alpha value is -3.92. The average molecular weight is 488 g/mol. The lowest BCUT2D eigenvalue weighted by Crippen LogP contribution is -2.17. The topological polar surface area (TPSA) is 92.8 Å². The van der Waals surface area contributed by atoms with E-state index in [2.05, 4.69) is 25.3 Å². The zero-order valence-corrected chi connectivity index (χ0v) is 18.2. The number of alkyl halides is 3. The van der Waals surface area contributed by atoms with E-state index < -0.39 is 16.8 Å². The Labute approximate surface area is 196 Å². The van der Waals surface area contributed by atoms with Crippen LogP contribution in [0.4, 0.5) is 19.1 Å². The summed E-state index contributed by atoms with van der Waals surface area (Å²) in [4.78, 5) is 27.1. The van der Waals surface area contributed by atoms with Gasteiger partial charge in [0.1, 0.15) is 17.8 Å². The van der Waals surface area contributed by atoms with Gasteiger partial charge in [0.15, 0.2) is 0 Å². The van der Waals surface area contributed by atoms with E-state index in [-0.39, 0.29) is 11.3 Å². The van der Waals surface area contributed by atoms with Gasteiger partial charge in [-0.3, -0.25) is 9.78 Å². The average Bonchev–Trinajstić information content (AvgIpc) is 2.81. The first-order valence-electron chi connectivity index (χ1n) is 9.97. The Kier molecular flexibility index (Phi) is 6.78. The van der Waals surface area contributed by atoms with Crippen LogP contribution in [0.25, 0.3) is 0 Å². The Morgan fingerprint density at radius 3 is 2.35 bits per heavy atom. The summed E-state index contributed by atoms with van der Waals surface area (Å²) in [6.07, 6.45) is 1.96. The zero-order chi connectivity index (χ0) is 24.1. The molecule has 0 saturated carbocycles. The molecule has 2 heterocycles. The summed E-state index contributed by atoms with van der Waals surface area (Å²) < 4.78 is 44.6. The molecule has 11 heteroatoms. The van der Waals surface area contributed by atoms with Gasteiger partial charge in [-0.05, 0) is 41.5 Å². The lowest BCUT2D eigenvalue weighted by Gasteiger charge is -2.12. The zero-order valence-electron chi connectivity index (χ0n) is 17.4. The molecule has 0 unspecified atom stereocenters. The number of halogens is 4. The molecule has 0 atom stereocenters. The third-order valence-electron chi connectivity index (χ3n) is 4.74. The molecule has 2 aromatic heterocycles. The summed E-state index contributed by atoms with van der Waals surface area (Å²) in [5, 5.41) is 2.63. The number of anilines is 1. The van der Waals surface area contributed by atoms with Crippen LogP contribution in [0.3, 0.4) is 0 Å². The molecule has 0 amide bonds. The highest BCUT2D eigenvalue weighted by Gasteiger charge is 2.33. The van der Waals surface area contributed by atoms with Crippen molar-refractivity contribution in [3.8, 4) is 11.5 Å². The van der Waals surface area contributed by atoms with Crippen molar-refractivity contribution in [3.05, 3.63) is 105 Å². The molecule has 2 aromatic carbocycles. The molecule has 4 aromatic rings. The molecule has 4 rings (SSSR count). The van der Waals surface area contributed by atoms with E-state index in [1.165, 1.54) is 18.6 Å². The number of aromatic nitrogens is 4. The maximum atomic E-state index is 13.0. The number of hydrogen-bond acceptors (Lipinski definition) is 6. The molecule has 2 N–H and O–H groups in total. The lowest BCUT2D eigenvalue weighted by molar-refractivity contribution is -0.137. The molecule has 7 nitrogen and oxygen atoms in total. The molecular formula is C23H17ClF3N5O2. The summed E-state index contributed by atoms with van der Waals surface area (Å²) in [6, 6.07) is 10.1. The van der Waals surface area contributed by atoms with E-state index in [1.54, 1.807) is 36.7 Å². The van der Waals surface area contributed by atoms with Gasteiger partial charge in [-0.25, -0.2) is 15.0 Å². The van der Waals surface area contributed by atoms with Crippen LogP contribution in [0.1, 0.15) is 22.3 Å². The van der Waals surface area contributed by atoms with Crippen molar-refractivity contribution in [1.82, 2.24) is 19.9 Å². The maximum absolute atomic E-state index is 13.0. The van der Waals surface area contributed by atoms with Crippen molar-refractivity contribution in [1.29, 1.82) is 0 Å². The predicted molar refractivity (Wildman–Crippen MR) is 120 cm³/mol. The number of rotatable bonds is 7. The molecule has 0 spiro atoms. The number of nitrogens with zero attached hydrogens (tertiary/aromatic N) is 3. The van der Waals surface area contributed by atoms with Gasteiger partial charge in [0.2, 0.25) is 5.95 Å².